The van der Waals surface area contributed by atoms with E-state index in [0.717, 1.165) is 28.1 Å². The molecular weight excluding hydrogens is 330 g/mol. The summed E-state index contributed by atoms with van der Waals surface area (Å²) in [7, 11) is 0. The van der Waals surface area contributed by atoms with E-state index in [4.69, 9.17) is 10.5 Å². The number of unbranched alkanes of at least 4 members (excludes halogenated alkanes) is 1. The van der Waals surface area contributed by atoms with Gasteiger partial charge in [0.15, 0.2) is 5.06 Å². The third-order valence-electron chi connectivity index (χ3n) is 4.19. The fourth-order valence-corrected chi connectivity index (χ4v) is 3.81. The molecule has 0 aliphatic heterocycles. The zero-order valence-corrected chi connectivity index (χ0v) is 15.9. The average molecular weight is 356 g/mol. The van der Waals surface area contributed by atoms with Gasteiger partial charge in [0.05, 0.1) is 11.2 Å². The van der Waals surface area contributed by atoms with E-state index in [2.05, 4.69) is 48.3 Å². The van der Waals surface area contributed by atoms with Crippen LogP contribution in [0.4, 0.5) is 5.95 Å². The van der Waals surface area contributed by atoms with Crippen molar-refractivity contribution in [2.75, 3.05) is 5.73 Å². The molecule has 0 saturated heterocycles. The van der Waals surface area contributed by atoms with Crippen LogP contribution in [0.25, 0.3) is 10.9 Å². The lowest BCUT2D eigenvalue weighted by Gasteiger charge is -2.14. The number of nitrogens with zero attached hydrogens (tertiary/aromatic N) is 2. The van der Waals surface area contributed by atoms with Gasteiger partial charge in [-0.15, -0.1) is 11.3 Å². The molecule has 25 heavy (non-hydrogen) atoms. The summed E-state index contributed by atoms with van der Waals surface area (Å²) in [5.74, 6) is 0.316. The van der Waals surface area contributed by atoms with Crippen LogP contribution < -0.4 is 10.5 Å². The highest BCUT2D eigenvalue weighted by molar-refractivity contribution is 7.12. The van der Waals surface area contributed by atoms with E-state index in [1.807, 2.05) is 12.1 Å². The molecule has 0 aliphatic carbocycles. The summed E-state index contributed by atoms with van der Waals surface area (Å²) in [6.45, 7) is 6.36. The zero-order chi connectivity index (χ0) is 17.8. The fourth-order valence-electron chi connectivity index (χ4n) is 2.92. The van der Waals surface area contributed by atoms with Crippen molar-refractivity contribution in [3.63, 3.8) is 0 Å². The van der Waals surface area contributed by atoms with Crippen molar-refractivity contribution in [2.24, 2.45) is 0 Å². The Hall–Kier alpha value is -2.14. The molecule has 0 saturated carbocycles. The Kier molecular flexibility index (Phi) is 5.53. The maximum absolute atomic E-state index is 6.12. The van der Waals surface area contributed by atoms with Gasteiger partial charge in [0.1, 0.15) is 6.10 Å². The number of aryl methyl sites for hydroxylation is 2. The minimum atomic E-state index is 0.0238. The maximum atomic E-state index is 6.12. The zero-order valence-electron chi connectivity index (χ0n) is 15.1. The molecule has 3 rings (SSSR count). The maximum Gasteiger partial charge on any atom is 0.220 e. The number of rotatable bonds is 7. The van der Waals surface area contributed by atoms with Crippen molar-refractivity contribution in [1.29, 1.82) is 0 Å². The van der Waals surface area contributed by atoms with E-state index in [9.17, 15) is 0 Å². The number of aromatic nitrogens is 2. The normalized spacial score (nSPS) is 12.4. The number of ether oxygens (including phenoxy) is 1. The first-order valence-corrected chi connectivity index (χ1v) is 9.70. The monoisotopic (exact) mass is 355 g/mol. The number of benzene rings is 1. The predicted octanol–water partition coefficient (Wildman–Crippen LogP) is 4.93. The van der Waals surface area contributed by atoms with Crippen LogP contribution in [0.2, 0.25) is 0 Å². The van der Waals surface area contributed by atoms with Crippen LogP contribution in [0.5, 0.6) is 5.06 Å². The number of fused-ring (bicyclic) bond motifs is 1. The Morgan fingerprint density at radius 3 is 2.88 bits per heavy atom. The van der Waals surface area contributed by atoms with Crippen molar-refractivity contribution >= 4 is 28.2 Å². The van der Waals surface area contributed by atoms with Gasteiger partial charge in [0, 0.05) is 11.8 Å². The molecule has 1 unspecified atom stereocenters. The molecule has 2 N–H and O–H groups in total. The number of hydrogen-bond donors (Lipinski definition) is 1. The number of hydrogen-bond acceptors (Lipinski definition) is 5. The molecule has 1 atom stereocenters. The molecule has 132 valence electrons. The summed E-state index contributed by atoms with van der Waals surface area (Å²) in [5, 5.41) is 4.22. The summed E-state index contributed by atoms with van der Waals surface area (Å²) >= 11 is 1.67. The number of anilines is 1. The molecule has 3 aromatic rings. The number of nitrogens with two attached hydrogens (primary N) is 1. The fraction of sp³-hybridized carbons (Fsp3) is 0.400. The summed E-state index contributed by atoms with van der Waals surface area (Å²) in [6.07, 6.45) is 4.28. The first-order chi connectivity index (χ1) is 12.0. The van der Waals surface area contributed by atoms with E-state index >= 15 is 0 Å². The van der Waals surface area contributed by atoms with Gasteiger partial charge in [-0.05, 0) is 55.8 Å². The Bertz CT molecular complexity index is 859. The first kappa shape index (κ1) is 17.7. The topological polar surface area (TPSA) is 61.0 Å². The third kappa shape index (κ3) is 4.48. The number of nitrogen functional groups attached to an aromatic ring is 1. The number of thiophene rings is 1. The lowest BCUT2D eigenvalue weighted by atomic mass is 10.1. The van der Waals surface area contributed by atoms with Crippen molar-refractivity contribution in [3.8, 4) is 5.06 Å². The van der Waals surface area contributed by atoms with Gasteiger partial charge in [-0.1, -0.05) is 25.0 Å². The quantitative estimate of drug-likeness (QED) is 0.652. The van der Waals surface area contributed by atoms with Crippen LogP contribution in [0.15, 0.2) is 29.6 Å². The standard InChI is InChI=1S/C20H25N3OS/c1-4-5-6-15-11-19(25-12-15)24-14(3)10-18-16-9-13(2)7-8-17(16)22-20(21)23-18/h7-9,11-12,14H,4-6,10H2,1-3H3,(H2,21,22,23). The molecule has 0 aliphatic rings. The lowest BCUT2D eigenvalue weighted by molar-refractivity contribution is 0.228. The van der Waals surface area contributed by atoms with E-state index < -0.39 is 0 Å². The lowest BCUT2D eigenvalue weighted by Crippen LogP contribution is -2.16. The Morgan fingerprint density at radius 2 is 2.08 bits per heavy atom. The second kappa shape index (κ2) is 7.83. The molecule has 2 aromatic heterocycles. The van der Waals surface area contributed by atoms with Gasteiger partial charge in [0.2, 0.25) is 5.95 Å². The van der Waals surface area contributed by atoms with E-state index in [1.165, 1.54) is 24.0 Å². The largest absolute Gasteiger partial charge is 0.481 e. The van der Waals surface area contributed by atoms with Gasteiger partial charge in [-0.3, -0.25) is 0 Å². The van der Waals surface area contributed by atoms with Crippen LogP contribution in [0, 0.1) is 6.92 Å². The molecular formula is C20H25N3OS. The van der Waals surface area contributed by atoms with Crippen LogP contribution >= 0.6 is 11.3 Å². The summed E-state index contributed by atoms with van der Waals surface area (Å²) in [4.78, 5) is 8.79. The Morgan fingerprint density at radius 1 is 1.24 bits per heavy atom. The van der Waals surface area contributed by atoms with Gasteiger partial charge in [0.25, 0.3) is 0 Å². The average Bonchev–Trinajstić information content (AvgIpc) is 3.00. The van der Waals surface area contributed by atoms with E-state index in [-0.39, 0.29) is 6.10 Å². The molecule has 0 amide bonds. The first-order valence-electron chi connectivity index (χ1n) is 8.82. The van der Waals surface area contributed by atoms with Crippen LogP contribution in [-0.4, -0.2) is 16.1 Å². The molecule has 0 radical (unpaired) electrons. The van der Waals surface area contributed by atoms with E-state index in [1.54, 1.807) is 11.3 Å². The third-order valence-corrected chi connectivity index (χ3v) is 5.06. The highest BCUT2D eigenvalue weighted by Gasteiger charge is 2.13. The molecule has 0 bridgehead atoms. The van der Waals surface area contributed by atoms with Gasteiger partial charge in [-0.2, -0.15) is 0 Å². The SMILES string of the molecule is CCCCc1csc(OC(C)Cc2nc(N)nc3ccc(C)cc23)c1. The second-order valence-corrected chi connectivity index (χ2v) is 7.43. The van der Waals surface area contributed by atoms with Crippen molar-refractivity contribution < 1.29 is 4.74 Å². The molecule has 1 aromatic carbocycles. The van der Waals surface area contributed by atoms with Gasteiger partial charge < -0.3 is 10.5 Å². The van der Waals surface area contributed by atoms with Crippen molar-refractivity contribution in [2.45, 2.75) is 52.6 Å². The molecule has 0 fully saturated rings. The van der Waals surface area contributed by atoms with Crippen molar-refractivity contribution in [1.82, 2.24) is 9.97 Å². The van der Waals surface area contributed by atoms with Gasteiger partial charge in [-0.25, -0.2) is 9.97 Å². The minimum Gasteiger partial charge on any atom is -0.481 e. The second-order valence-electron chi connectivity index (χ2n) is 6.56. The highest BCUT2D eigenvalue weighted by atomic mass is 32.1. The highest BCUT2D eigenvalue weighted by Crippen LogP contribution is 2.27. The molecule has 2 heterocycles. The summed E-state index contributed by atoms with van der Waals surface area (Å²) < 4.78 is 6.12. The molecule has 4 nitrogen and oxygen atoms in total. The van der Waals surface area contributed by atoms with Crippen LogP contribution in [0.1, 0.15) is 43.5 Å². The Labute approximate surface area is 153 Å². The smallest absolute Gasteiger partial charge is 0.220 e. The summed E-state index contributed by atoms with van der Waals surface area (Å²) in [5.41, 5.74) is 10.3. The Balaban J connectivity index is 1.74. The van der Waals surface area contributed by atoms with Crippen LogP contribution in [0.3, 0.4) is 0 Å². The molecule has 0 spiro atoms. The minimum absolute atomic E-state index is 0.0238. The summed E-state index contributed by atoms with van der Waals surface area (Å²) in [6, 6.07) is 8.32. The van der Waals surface area contributed by atoms with Gasteiger partial charge >= 0.3 is 0 Å². The van der Waals surface area contributed by atoms with Crippen LogP contribution in [-0.2, 0) is 12.8 Å². The predicted molar refractivity (Wildman–Crippen MR) is 105 cm³/mol. The van der Waals surface area contributed by atoms with E-state index in [0.29, 0.717) is 12.4 Å². The molecule has 5 heteroatoms. The van der Waals surface area contributed by atoms with Crippen molar-refractivity contribution in [3.05, 3.63) is 46.5 Å².